The third-order valence-electron chi connectivity index (χ3n) is 2.51. The Labute approximate surface area is 121 Å². The first-order valence-corrected chi connectivity index (χ1v) is 7.06. The molecule has 1 heterocycles. The molecule has 0 N–H and O–H groups in total. The molecule has 0 atom stereocenters. The van der Waals surface area contributed by atoms with Crippen molar-refractivity contribution in [3.8, 4) is 11.5 Å². The van der Waals surface area contributed by atoms with Crippen molar-refractivity contribution in [3.05, 3.63) is 30.1 Å². The van der Waals surface area contributed by atoms with Crippen LogP contribution in [0.5, 0.6) is 11.5 Å². The van der Waals surface area contributed by atoms with Crippen molar-refractivity contribution >= 4 is 18.0 Å². The zero-order valence-corrected chi connectivity index (χ0v) is 12.4. The van der Waals surface area contributed by atoms with Crippen molar-refractivity contribution in [2.45, 2.75) is 12.1 Å². The van der Waals surface area contributed by atoms with Crippen LogP contribution in [0.1, 0.15) is 12.5 Å². The van der Waals surface area contributed by atoms with Crippen LogP contribution in [0.15, 0.2) is 34.8 Å². The number of aromatic nitrogens is 3. The van der Waals surface area contributed by atoms with E-state index in [0.29, 0.717) is 11.5 Å². The van der Waals surface area contributed by atoms with Gasteiger partial charge in [-0.2, -0.15) is 9.78 Å². The monoisotopic (exact) mass is 292 g/mol. The molecule has 20 heavy (non-hydrogen) atoms. The fourth-order valence-corrected chi connectivity index (χ4v) is 2.17. The van der Waals surface area contributed by atoms with Gasteiger partial charge in [0.25, 0.3) is 0 Å². The summed E-state index contributed by atoms with van der Waals surface area (Å²) in [6.07, 6.45) is 3.31. The standard InChI is InChI=1S/C13H16N4O2S/c1-4-20-13-16-14-9-17(13)15-8-10-5-6-11(18-2)12(7-10)19-3/h5-9H,4H2,1-3H3/b15-8-. The van der Waals surface area contributed by atoms with Gasteiger partial charge in [-0.05, 0) is 29.5 Å². The van der Waals surface area contributed by atoms with E-state index in [2.05, 4.69) is 22.2 Å². The van der Waals surface area contributed by atoms with E-state index in [0.717, 1.165) is 16.5 Å². The maximum Gasteiger partial charge on any atom is 0.211 e. The van der Waals surface area contributed by atoms with Crippen molar-refractivity contribution in [2.24, 2.45) is 5.10 Å². The van der Waals surface area contributed by atoms with E-state index in [4.69, 9.17) is 9.47 Å². The van der Waals surface area contributed by atoms with Crippen LogP contribution in [-0.4, -0.2) is 41.1 Å². The summed E-state index contributed by atoms with van der Waals surface area (Å²) in [6, 6.07) is 5.61. The zero-order chi connectivity index (χ0) is 14.4. The molecule has 0 spiro atoms. The molecule has 106 valence electrons. The number of nitrogens with zero attached hydrogens (tertiary/aromatic N) is 4. The van der Waals surface area contributed by atoms with Gasteiger partial charge in [-0.3, -0.25) is 0 Å². The van der Waals surface area contributed by atoms with Crippen LogP contribution in [0.25, 0.3) is 0 Å². The summed E-state index contributed by atoms with van der Waals surface area (Å²) < 4.78 is 12.1. The van der Waals surface area contributed by atoms with Gasteiger partial charge < -0.3 is 9.47 Å². The summed E-state index contributed by atoms with van der Waals surface area (Å²) in [5, 5.41) is 12.9. The highest BCUT2D eigenvalue weighted by Gasteiger charge is 2.04. The minimum absolute atomic E-state index is 0.670. The van der Waals surface area contributed by atoms with Crippen molar-refractivity contribution in [1.29, 1.82) is 0 Å². The van der Waals surface area contributed by atoms with Crippen LogP contribution < -0.4 is 9.47 Å². The number of hydrogen-bond donors (Lipinski definition) is 0. The number of methoxy groups -OCH3 is 2. The Balaban J connectivity index is 2.20. The maximum atomic E-state index is 5.25. The predicted octanol–water partition coefficient (Wildman–Crippen LogP) is 2.29. The van der Waals surface area contributed by atoms with E-state index in [1.54, 1.807) is 43.2 Å². The van der Waals surface area contributed by atoms with E-state index >= 15 is 0 Å². The second-order valence-corrected chi connectivity index (χ2v) is 4.98. The molecule has 2 aromatic rings. The number of thioether (sulfide) groups is 1. The summed E-state index contributed by atoms with van der Waals surface area (Å²) in [4.78, 5) is 0. The third kappa shape index (κ3) is 3.30. The number of benzene rings is 1. The minimum Gasteiger partial charge on any atom is -0.493 e. The van der Waals surface area contributed by atoms with Crippen LogP contribution in [-0.2, 0) is 0 Å². The molecule has 1 aromatic heterocycles. The quantitative estimate of drug-likeness (QED) is 0.604. The molecule has 7 heteroatoms. The number of rotatable bonds is 6. The third-order valence-corrected chi connectivity index (χ3v) is 3.33. The Morgan fingerprint density at radius 2 is 2.10 bits per heavy atom. The van der Waals surface area contributed by atoms with Crippen molar-refractivity contribution < 1.29 is 9.47 Å². The molecule has 0 saturated carbocycles. The van der Waals surface area contributed by atoms with E-state index in [1.165, 1.54) is 0 Å². The first-order valence-electron chi connectivity index (χ1n) is 6.07. The molecular weight excluding hydrogens is 276 g/mol. The summed E-state index contributed by atoms with van der Waals surface area (Å²) >= 11 is 1.59. The maximum absolute atomic E-state index is 5.25. The van der Waals surface area contributed by atoms with Gasteiger partial charge in [0.15, 0.2) is 11.5 Å². The van der Waals surface area contributed by atoms with Gasteiger partial charge in [0.2, 0.25) is 5.16 Å². The molecular formula is C13H16N4O2S. The molecule has 0 unspecified atom stereocenters. The Morgan fingerprint density at radius 3 is 2.80 bits per heavy atom. The largest absolute Gasteiger partial charge is 0.493 e. The smallest absolute Gasteiger partial charge is 0.211 e. The Bertz CT molecular complexity index is 598. The van der Waals surface area contributed by atoms with Crippen LogP contribution in [0.4, 0.5) is 0 Å². The molecule has 0 bridgehead atoms. The first kappa shape index (κ1) is 14.4. The van der Waals surface area contributed by atoms with Crippen LogP contribution in [0.2, 0.25) is 0 Å². The van der Waals surface area contributed by atoms with Gasteiger partial charge in [0.05, 0.1) is 20.4 Å². The van der Waals surface area contributed by atoms with E-state index in [-0.39, 0.29) is 0 Å². The fourth-order valence-electron chi connectivity index (χ4n) is 1.58. The lowest BCUT2D eigenvalue weighted by Crippen LogP contribution is -1.94. The van der Waals surface area contributed by atoms with Gasteiger partial charge in [-0.15, -0.1) is 10.2 Å². The summed E-state index contributed by atoms with van der Waals surface area (Å²) in [7, 11) is 3.21. The molecule has 6 nitrogen and oxygen atoms in total. The topological polar surface area (TPSA) is 61.5 Å². The molecule has 0 aliphatic heterocycles. The highest BCUT2D eigenvalue weighted by molar-refractivity contribution is 7.99. The summed E-state index contributed by atoms with van der Waals surface area (Å²) in [5.74, 6) is 2.28. The lowest BCUT2D eigenvalue weighted by atomic mass is 10.2. The summed E-state index contributed by atoms with van der Waals surface area (Å²) in [5.41, 5.74) is 0.906. The van der Waals surface area contributed by atoms with Crippen LogP contribution in [0.3, 0.4) is 0 Å². The van der Waals surface area contributed by atoms with Gasteiger partial charge in [0.1, 0.15) is 6.33 Å². The average Bonchev–Trinajstić information content (AvgIpc) is 2.92. The Kier molecular flexibility index (Phi) is 5.00. The van der Waals surface area contributed by atoms with Crippen molar-refractivity contribution in [3.63, 3.8) is 0 Å². The van der Waals surface area contributed by atoms with Gasteiger partial charge in [-0.25, -0.2) is 0 Å². The fraction of sp³-hybridized carbons (Fsp3) is 0.308. The van der Waals surface area contributed by atoms with Gasteiger partial charge in [-0.1, -0.05) is 18.7 Å². The average molecular weight is 292 g/mol. The molecule has 0 aliphatic rings. The van der Waals surface area contributed by atoms with E-state index in [9.17, 15) is 0 Å². The van der Waals surface area contributed by atoms with Crippen LogP contribution in [0, 0.1) is 0 Å². The minimum atomic E-state index is 0.670. The SMILES string of the molecule is CCSc1nncn1/N=C\c1ccc(OC)c(OC)c1. The van der Waals surface area contributed by atoms with Crippen molar-refractivity contribution in [2.75, 3.05) is 20.0 Å². The van der Waals surface area contributed by atoms with Crippen LogP contribution >= 0.6 is 11.8 Å². The van der Waals surface area contributed by atoms with Crippen molar-refractivity contribution in [1.82, 2.24) is 14.9 Å². The molecule has 0 radical (unpaired) electrons. The second-order valence-electron chi connectivity index (χ2n) is 3.75. The predicted molar refractivity (Wildman–Crippen MR) is 79.0 cm³/mol. The molecule has 0 amide bonds. The van der Waals surface area contributed by atoms with E-state index < -0.39 is 0 Å². The number of ether oxygens (including phenoxy) is 2. The first-order chi connectivity index (χ1) is 9.78. The Morgan fingerprint density at radius 1 is 1.30 bits per heavy atom. The number of hydrogen-bond acceptors (Lipinski definition) is 6. The lowest BCUT2D eigenvalue weighted by Gasteiger charge is -2.07. The molecule has 2 rings (SSSR count). The normalized spacial score (nSPS) is 10.9. The highest BCUT2D eigenvalue weighted by Crippen LogP contribution is 2.26. The zero-order valence-electron chi connectivity index (χ0n) is 11.6. The lowest BCUT2D eigenvalue weighted by molar-refractivity contribution is 0.355. The van der Waals surface area contributed by atoms with Gasteiger partial charge >= 0.3 is 0 Å². The second kappa shape index (κ2) is 6.95. The molecule has 1 aromatic carbocycles. The molecule has 0 fully saturated rings. The molecule has 0 saturated heterocycles. The highest BCUT2D eigenvalue weighted by atomic mass is 32.2. The Hall–Kier alpha value is -2.02. The van der Waals surface area contributed by atoms with Gasteiger partial charge in [0, 0.05) is 0 Å². The summed E-state index contributed by atoms with van der Waals surface area (Å²) in [6.45, 7) is 2.06. The van der Waals surface area contributed by atoms with E-state index in [1.807, 2.05) is 18.2 Å². The molecule has 0 aliphatic carbocycles.